The van der Waals surface area contributed by atoms with Gasteiger partial charge >= 0.3 is 0 Å². The third kappa shape index (κ3) is 21.3. The van der Waals surface area contributed by atoms with Crippen molar-refractivity contribution in [1.82, 2.24) is 46.8 Å². The van der Waals surface area contributed by atoms with Gasteiger partial charge in [0.05, 0.1) is 17.9 Å². The second-order valence-corrected chi connectivity index (χ2v) is 24.0. The van der Waals surface area contributed by atoms with E-state index in [0.717, 1.165) is 27.2 Å². The van der Waals surface area contributed by atoms with Crippen LogP contribution in [0.15, 0.2) is 83.8 Å². The van der Waals surface area contributed by atoms with E-state index in [2.05, 4.69) is 41.9 Å². The number of aryl methyl sites for hydroxylation is 1. The molecule has 2 fully saturated rings. The van der Waals surface area contributed by atoms with Crippen LogP contribution in [0.5, 0.6) is 5.75 Å². The fraction of sp³-hybridized carbons (Fsp3) is 0.453. The molecule has 0 bridgehead atoms. The van der Waals surface area contributed by atoms with Gasteiger partial charge in [-0.2, -0.15) is 0 Å². The molecular weight excluding hydrogens is 1120 g/mol. The summed E-state index contributed by atoms with van der Waals surface area (Å²) in [6, 6.07) is 10.5. The first-order valence-electron chi connectivity index (χ1n) is 26.4. The summed E-state index contributed by atoms with van der Waals surface area (Å²) in [6.45, 7) is 1.22. The lowest BCUT2D eigenvalue weighted by Gasteiger charge is -2.31. The monoisotopic (exact) mass is 1190 g/mol. The zero-order valence-electron chi connectivity index (χ0n) is 45.0. The molecule has 0 radical (unpaired) electrons. The van der Waals surface area contributed by atoms with Gasteiger partial charge in [-0.3, -0.25) is 52.7 Å². The molecular formula is C53H70N12O14S3. The number of carbonyl (C=O) groups is 11. The predicted molar refractivity (Wildman–Crippen MR) is 302 cm³/mol. The highest BCUT2D eigenvalue weighted by molar-refractivity contribution is 8.76. The molecule has 11 amide bonds. The second kappa shape index (κ2) is 32.0. The number of likely N-dealkylation sites (tertiary alicyclic amines) is 1. The number of nitrogens with one attached hydrogen (secondary N) is 8. The van der Waals surface area contributed by atoms with Crippen molar-refractivity contribution in [1.29, 1.82) is 0 Å². The Hall–Kier alpha value is -7.76. The second-order valence-electron chi connectivity index (χ2n) is 19.6. The molecule has 82 heavy (non-hydrogen) atoms. The average Bonchev–Trinajstić information content (AvgIpc) is 4.14. The van der Waals surface area contributed by atoms with Gasteiger partial charge < -0.3 is 64.4 Å². The Morgan fingerprint density at radius 2 is 1.33 bits per heavy atom. The first-order valence-corrected chi connectivity index (χ1v) is 30.3. The van der Waals surface area contributed by atoms with E-state index in [1.807, 2.05) is 6.92 Å². The largest absolute Gasteiger partial charge is 0.508 e. The Bertz CT molecular complexity index is 2890. The number of rotatable bonds is 22. The van der Waals surface area contributed by atoms with E-state index < -0.39 is 143 Å². The topological polar surface area (TPSA) is 420 Å². The number of hydrogen-bond donors (Lipinski definition) is 12. The smallest absolute Gasteiger partial charge is 0.246 e. The van der Waals surface area contributed by atoms with Gasteiger partial charge in [0.1, 0.15) is 48.0 Å². The zero-order chi connectivity index (χ0) is 59.9. The van der Waals surface area contributed by atoms with Crippen LogP contribution < -0.4 is 59.1 Å². The highest BCUT2D eigenvalue weighted by Gasteiger charge is 2.40. The molecule has 0 spiro atoms. The molecule has 3 aromatic carbocycles. The van der Waals surface area contributed by atoms with Gasteiger partial charge in [0.25, 0.3) is 0 Å². The number of hydrogen-bond acceptors (Lipinski definition) is 16. The van der Waals surface area contributed by atoms with Crippen LogP contribution in [0.25, 0.3) is 0 Å². The van der Waals surface area contributed by atoms with Crippen molar-refractivity contribution in [2.45, 2.75) is 125 Å². The molecule has 3 aromatic rings. The third-order valence-corrected chi connectivity index (χ3v) is 17.0. The summed E-state index contributed by atoms with van der Waals surface area (Å²) in [6.07, 6.45) is -1.32. The quantitative estimate of drug-likeness (QED) is 0.0385. The number of sulfonamides is 1. The van der Waals surface area contributed by atoms with Gasteiger partial charge in [0, 0.05) is 50.3 Å². The molecule has 7 atom stereocenters. The van der Waals surface area contributed by atoms with Gasteiger partial charge in [-0.15, -0.1) is 0 Å². The summed E-state index contributed by atoms with van der Waals surface area (Å²) in [5, 5.41) is 27.9. The molecule has 5 rings (SSSR count). The van der Waals surface area contributed by atoms with Crippen LogP contribution in [-0.2, 0) is 75.6 Å². The minimum absolute atomic E-state index is 0.00617. The van der Waals surface area contributed by atoms with E-state index >= 15 is 0 Å². The summed E-state index contributed by atoms with van der Waals surface area (Å²) in [5.74, 6) is -9.82. The number of nitrogens with two attached hydrogens (primary N) is 3. The fourth-order valence-electron chi connectivity index (χ4n) is 8.76. The Morgan fingerprint density at radius 1 is 0.720 bits per heavy atom. The molecule has 2 aliphatic rings. The van der Waals surface area contributed by atoms with Gasteiger partial charge in [0.2, 0.25) is 75.0 Å². The SMILES string of the molecule is Cc1ccc(S(=O)(=O)NCCCCC(NC(=O)C2CCCN2C(=O)C2CSSCCC(=O)NC(Cc3ccc(O)cc3)C(=O)NC(Cc3ccccc3)C(=O)NC(CCC(N)=O)C(=O)NC(CC(N)=O)C(=O)N2)C(=O)NCC(N)=O)cc1. The predicted octanol–water partition coefficient (Wildman–Crippen LogP) is -1.94. The lowest BCUT2D eigenvalue weighted by Crippen LogP contribution is -2.61. The van der Waals surface area contributed by atoms with Crippen molar-refractivity contribution < 1.29 is 66.3 Å². The molecule has 15 N–H and O–H groups in total. The maximum atomic E-state index is 14.7. The van der Waals surface area contributed by atoms with E-state index in [-0.39, 0.29) is 86.6 Å². The molecule has 2 saturated heterocycles. The number of amides is 11. The van der Waals surface area contributed by atoms with Gasteiger partial charge in [0.15, 0.2) is 0 Å². The van der Waals surface area contributed by atoms with Gasteiger partial charge in [-0.05, 0) is 80.8 Å². The van der Waals surface area contributed by atoms with Crippen molar-refractivity contribution in [3.05, 3.63) is 95.6 Å². The fourth-order valence-corrected chi connectivity index (χ4v) is 12.0. The van der Waals surface area contributed by atoms with Gasteiger partial charge in [-0.25, -0.2) is 13.1 Å². The number of benzene rings is 3. The first kappa shape index (κ1) is 65.1. The Kier molecular flexibility index (Phi) is 25.4. The number of unbranched alkanes of at least 4 members (excludes halogenated alkanes) is 1. The molecule has 2 aliphatic heterocycles. The Morgan fingerprint density at radius 3 is 1.98 bits per heavy atom. The standard InChI is InChI=1S/C53H70N12O14S3/c1-31-12-18-35(19-13-31)82(78,79)58-23-6-5-10-36(47(71)57-29-45(56)69)61-52(76)42-11-7-24-65(42)53(77)41-30-81-80-25-22-46(70)59-38(27-33-14-16-34(66)17-15-33)49(73)62-39(26-32-8-3-2-4-9-32)50(74)60-37(20-21-43(54)67)48(72)63-40(28-44(55)68)51(75)64-41/h2-4,8-9,12-19,36-42,58,66H,5-7,10-11,20-30H2,1H3,(H2,54,67)(H2,55,68)(H2,56,69)(H,57,71)(H,59,70)(H,60,74)(H,61,76)(H,62,73)(H,63,72)(H,64,75). The maximum absolute atomic E-state index is 14.7. The van der Waals surface area contributed by atoms with Gasteiger partial charge in [-0.1, -0.05) is 81.7 Å². The molecule has 29 heteroatoms. The number of carbonyl (C=O) groups excluding carboxylic acids is 11. The van der Waals surface area contributed by atoms with Crippen LogP contribution in [0.3, 0.4) is 0 Å². The molecule has 0 saturated carbocycles. The molecule has 0 aliphatic carbocycles. The van der Waals surface area contributed by atoms with E-state index in [1.54, 1.807) is 54.6 Å². The summed E-state index contributed by atoms with van der Waals surface area (Å²) < 4.78 is 28.2. The number of phenolic OH excluding ortho intramolecular Hbond substituents is 1. The van der Waals surface area contributed by atoms with Crippen LogP contribution in [-0.4, -0.2) is 157 Å². The number of primary amides is 3. The third-order valence-electron chi connectivity index (χ3n) is 13.1. The summed E-state index contributed by atoms with van der Waals surface area (Å²) in [7, 11) is -1.69. The Labute approximate surface area is 481 Å². The summed E-state index contributed by atoms with van der Waals surface area (Å²) >= 11 is 0. The van der Waals surface area contributed by atoms with E-state index in [4.69, 9.17) is 17.2 Å². The Balaban J connectivity index is 1.40. The summed E-state index contributed by atoms with van der Waals surface area (Å²) in [5.41, 5.74) is 18.3. The van der Waals surface area contributed by atoms with Crippen molar-refractivity contribution >= 4 is 96.6 Å². The lowest BCUT2D eigenvalue weighted by molar-refractivity contribution is -0.142. The van der Waals surface area contributed by atoms with Crippen molar-refractivity contribution in [2.24, 2.45) is 17.2 Å². The minimum Gasteiger partial charge on any atom is -0.508 e. The molecule has 2 heterocycles. The first-order chi connectivity index (χ1) is 39.0. The van der Waals surface area contributed by atoms with Crippen LogP contribution >= 0.6 is 21.6 Å². The van der Waals surface area contributed by atoms with E-state index in [1.165, 1.54) is 29.2 Å². The highest BCUT2D eigenvalue weighted by atomic mass is 33.1. The average molecular weight is 1200 g/mol. The van der Waals surface area contributed by atoms with Crippen molar-refractivity contribution in [3.63, 3.8) is 0 Å². The molecule has 7 unspecified atom stereocenters. The zero-order valence-corrected chi connectivity index (χ0v) is 47.5. The molecule has 0 aromatic heterocycles. The minimum atomic E-state index is -3.85. The van der Waals surface area contributed by atoms with Crippen LogP contribution in [0, 0.1) is 6.92 Å². The molecule has 26 nitrogen and oxygen atoms in total. The highest BCUT2D eigenvalue weighted by Crippen LogP contribution is 2.26. The summed E-state index contributed by atoms with van der Waals surface area (Å²) in [4.78, 5) is 150. The van der Waals surface area contributed by atoms with E-state index in [9.17, 15) is 66.3 Å². The van der Waals surface area contributed by atoms with E-state index in [0.29, 0.717) is 11.1 Å². The maximum Gasteiger partial charge on any atom is 0.246 e. The van der Waals surface area contributed by atoms with Crippen LogP contribution in [0.4, 0.5) is 0 Å². The normalized spacial score (nSPS) is 21.0. The number of nitrogens with zero attached hydrogens (tertiary/aromatic N) is 1. The number of aromatic hydroxyl groups is 1. The van der Waals surface area contributed by atoms with Crippen molar-refractivity contribution in [3.8, 4) is 5.75 Å². The van der Waals surface area contributed by atoms with Crippen LogP contribution in [0.1, 0.15) is 74.5 Å². The number of phenols is 1. The molecule has 444 valence electrons. The van der Waals surface area contributed by atoms with Crippen molar-refractivity contribution in [2.75, 3.05) is 31.1 Å². The van der Waals surface area contributed by atoms with Crippen LogP contribution in [0.2, 0.25) is 0 Å². The lowest BCUT2D eigenvalue weighted by atomic mass is 10.0.